The predicted octanol–water partition coefficient (Wildman–Crippen LogP) is 2.80. The number of fused-ring (bicyclic) bond motifs is 1. The van der Waals surface area contributed by atoms with Crippen LogP contribution in [0, 0.1) is 5.92 Å². The minimum Gasteiger partial charge on any atom is -0.481 e. The van der Waals surface area contributed by atoms with Crippen molar-refractivity contribution in [3.63, 3.8) is 0 Å². The highest BCUT2D eigenvalue weighted by atomic mass is 19.4. The second-order valence-corrected chi connectivity index (χ2v) is 10.4. The topological polar surface area (TPSA) is 175 Å². The first kappa shape index (κ1) is 31.2. The highest BCUT2D eigenvalue weighted by Gasteiger charge is 2.41. The maximum Gasteiger partial charge on any atom is 0.433 e. The van der Waals surface area contributed by atoms with Crippen molar-refractivity contribution in [1.29, 1.82) is 0 Å². The molecule has 0 aromatic carbocycles. The molecule has 0 spiro atoms. The number of carboxylic acids is 3. The molecule has 0 amide bonds. The van der Waals surface area contributed by atoms with Gasteiger partial charge in [-0.3, -0.25) is 14.5 Å². The zero-order valence-corrected chi connectivity index (χ0v) is 22.1. The lowest BCUT2D eigenvalue weighted by atomic mass is 9.96. The first-order valence-electron chi connectivity index (χ1n) is 12.8. The minimum atomic E-state index is -4.47. The number of alkyl halides is 3. The molecule has 12 nitrogen and oxygen atoms in total. The van der Waals surface area contributed by atoms with E-state index < -0.39 is 48.2 Å². The Morgan fingerprint density at radius 3 is 2.25 bits per heavy atom. The van der Waals surface area contributed by atoms with Crippen LogP contribution in [0.25, 0.3) is 5.65 Å². The molecule has 4 N–H and O–H groups in total. The van der Waals surface area contributed by atoms with E-state index in [-0.39, 0.29) is 17.6 Å². The van der Waals surface area contributed by atoms with Gasteiger partial charge in [0.25, 0.3) is 0 Å². The van der Waals surface area contributed by atoms with Gasteiger partial charge in [-0.15, -0.1) is 0 Å². The van der Waals surface area contributed by atoms with E-state index in [0.29, 0.717) is 17.3 Å². The Labute approximate surface area is 227 Å². The molecule has 4 heterocycles. The quantitative estimate of drug-likeness (QED) is 0.347. The number of nitrogens with zero attached hydrogens (tertiary/aromatic N) is 4. The molecule has 0 aliphatic carbocycles. The second kappa shape index (κ2) is 12.5. The van der Waals surface area contributed by atoms with Crippen molar-refractivity contribution in [3.05, 3.63) is 29.2 Å². The zero-order chi connectivity index (χ0) is 29.8. The van der Waals surface area contributed by atoms with Crippen LogP contribution in [0.1, 0.15) is 75.0 Å². The fourth-order valence-electron chi connectivity index (χ4n) is 4.82. The molecule has 2 atom stereocenters. The van der Waals surface area contributed by atoms with E-state index in [1.54, 1.807) is 6.07 Å². The monoisotopic (exact) mass is 574 g/mol. The summed E-state index contributed by atoms with van der Waals surface area (Å²) in [6, 6.07) is 2.90. The van der Waals surface area contributed by atoms with Gasteiger partial charge < -0.3 is 25.2 Å². The highest BCUT2D eigenvalue weighted by Crippen LogP contribution is 2.36. The first-order chi connectivity index (χ1) is 18.6. The van der Waals surface area contributed by atoms with Gasteiger partial charge in [0.2, 0.25) is 0 Å². The lowest BCUT2D eigenvalue weighted by molar-refractivity contribution is -0.170. The summed E-state index contributed by atoms with van der Waals surface area (Å²) >= 11 is 0. The van der Waals surface area contributed by atoms with Crippen molar-refractivity contribution in [3.8, 4) is 0 Å². The first-order valence-corrected chi connectivity index (χ1v) is 12.8. The average Bonchev–Trinajstić information content (AvgIpc) is 3.58. The van der Waals surface area contributed by atoms with Crippen LogP contribution in [0.2, 0.25) is 0 Å². The molecule has 2 saturated heterocycles. The van der Waals surface area contributed by atoms with Crippen LogP contribution >= 0.6 is 0 Å². The Hall–Kier alpha value is -3.30. The SMILES string of the molecule is CC(C)c1cc(C(F)(F)F)n2nc(C3CCCN3CC3CCOC3)cc2n1.O=C(O)CC(O)(CC(=O)O)C(=O)O. The second-order valence-electron chi connectivity index (χ2n) is 10.4. The molecule has 0 bridgehead atoms. The van der Waals surface area contributed by atoms with Gasteiger partial charge >= 0.3 is 24.1 Å². The fourth-order valence-corrected chi connectivity index (χ4v) is 4.82. The summed E-state index contributed by atoms with van der Waals surface area (Å²) < 4.78 is 47.2. The zero-order valence-electron chi connectivity index (χ0n) is 22.1. The van der Waals surface area contributed by atoms with Crippen LogP contribution in [-0.4, -0.2) is 89.7 Å². The van der Waals surface area contributed by atoms with Crippen molar-refractivity contribution < 1.29 is 52.7 Å². The van der Waals surface area contributed by atoms with Gasteiger partial charge in [-0.1, -0.05) is 13.8 Å². The standard InChI is InChI=1S/C19H25F3N4O.C6H8O7/c1-12(2)14-8-17(19(20,21)22)26-18(23-14)9-15(24-26)16-4-3-6-25(16)10-13-5-7-27-11-13;7-3(8)1-6(13,5(11)12)2-4(9)10/h8-9,12-13,16H,3-7,10-11H2,1-2H3;13H,1-2H2,(H,7,8)(H,9,10)(H,11,12). The largest absolute Gasteiger partial charge is 0.481 e. The van der Waals surface area contributed by atoms with Gasteiger partial charge in [-0.2, -0.15) is 18.3 Å². The summed E-state index contributed by atoms with van der Waals surface area (Å²) in [6.07, 6.45) is -3.77. The van der Waals surface area contributed by atoms with Crippen molar-refractivity contribution >= 4 is 23.6 Å². The molecule has 4 rings (SSSR count). The molecule has 2 aliphatic heterocycles. The third-order valence-electron chi connectivity index (χ3n) is 6.86. The van der Waals surface area contributed by atoms with Gasteiger partial charge in [0.05, 0.1) is 31.2 Å². The number of aromatic nitrogens is 3. The number of likely N-dealkylation sites (tertiary alicyclic amines) is 1. The van der Waals surface area contributed by atoms with Crippen LogP contribution in [0.4, 0.5) is 13.2 Å². The minimum absolute atomic E-state index is 0.0517. The Balaban J connectivity index is 0.000000289. The van der Waals surface area contributed by atoms with Gasteiger partial charge in [-0.25, -0.2) is 14.3 Å². The van der Waals surface area contributed by atoms with E-state index in [1.807, 2.05) is 13.8 Å². The van der Waals surface area contributed by atoms with Gasteiger partial charge in [0.15, 0.2) is 11.2 Å². The maximum absolute atomic E-state index is 13.6. The molecule has 222 valence electrons. The van der Waals surface area contributed by atoms with Crippen LogP contribution in [-0.2, 0) is 25.3 Å². The van der Waals surface area contributed by atoms with Crippen LogP contribution in [0.5, 0.6) is 0 Å². The van der Waals surface area contributed by atoms with E-state index in [4.69, 9.17) is 25.2 Å². The molecule has 2 aliphatic rings. The summed E-state index contributed by atoms with van der Waals surface area (Å²) in [7, 11) is 0. The summed E-state index contributed by atoms with van der Waals surface area (Å²) in [5.41, 5.74) is -2.09. The van der Waals surface area contributed by atoms with E-state index in [1.165, 1.54) is 0 Å². The lowest BCUT2D eigenvalue weighted by Gasteiger charge is -2.25. The fraction of sp³-hybridized carbons (Fsp3) is 0.640. The number of carboxylic acid groups (broad SMARTS) is 3. The summed E-state index contributed by atoms with van der Waals surface area (Å²) in [5, 5.41) is 38.2. The van der Waals surface area contributed by atoms with Crippen LogP contribution < -0.4 is 0 Å². The highest BCUT2D eigenvalue weighted by molar-refractivity contribution is 5.88. The molecule has 2 aromatic rings. The predicted molar refractivity (Wildman–Crippen MR) is 132 cm³/mol. The van der Waals surface area contributed by atoms with E-state index in [9.17, 15) is 27.6 Å². The molecule has 40 heavy (non-hydrogen) atoms. The number of aliphatic carboxylic acids is 3. The number of hydrogen-bond donors (Lipinski definition) is 4. The number of ether oxygens (including phenoxy) is 1. The van der Waals surface area contributed by atoms with E-state index in [0.717, 1.165) is 56.1 Å². The molecule has 0 saturated carbocycles. The van der Waals surface area contributed by atoms with Crippen LogP contribution in [0.15, 0.2) is 12.1 Å². The van der Waals surface area contributed by atoms with Gasteiger partial charge in [0.1, 0.15) is 5.69 Å². The molecule has 2 unspecified atom stereocenters. The van der Waals surface area contributed by atoms with Gasteiger partial charge in [-0.05, 0) is 43.7 Å². The van der Waals surface area contributed by atoms with Crippen molar-refractivity contribution in [2.75, 3.05) is 26.3 Å². The normalized spacial score (nSPS) is 20.1. The summed E-state index contributed by atoms with van der Waals surface area (Å²) in [5.74, 6) is -4.60. The van der Waals surface area contributed by atoms with Crippen molar-refractivity contribution in [2.45, 2.75) is 69.7 Å². The Kier molecular flexibility index (Phi) is 9.74. The summed E-state index contributed by atoms with van der Waals surface area (Å²) in [4.78, 5) is 37.3. The average molecular weight is 575 g/mol. The molecule has 15 heteroatoms. The smallest absolute Gasteiger partial charge is 0.433 e. The van der Waals surface area contributed by atoms with Crippen molar-refractivity contribution in [2.24, 2.45) is 5.92 Å². The molecular weight excluding hydrogens is 541 g/mol. The number of carbonyl (C=O) groups is 3. The van der Waals surface area contributed by atoms with Gasteiger partial charge in [0, 0.05) is 24.9 Å². The summed E-state index contributed by atoms with van der Waals surface area (Å²) in [6.45, 7) is 7.12. The Morgan fingerprint density at radius 1 is 1.10 bits per heavy atom. The molecule has 2 fully saturated rings. The number of rotatable bonds is 9. The Bertz CT molecular complexity index is 1210. The third-order valence-corrected chi connectivity index (χ3v) is 6.86. The third kappa shape index (κ3) is 7.67. The Morgan fingerprint density at radius 2 is 1.75 bits per heavy atom. The lowest BCUT2D eigenvalue weighted by Crippen LogP contribution is -2.42. The van der Waals surface area contributed by atoms with E-state index in [2.05, 4.69) is 15.0 Å². The molecular formula is C25H33F3N4O8. The van der Waals surface area contributed by atoms with Crippen molar-refractivity contribution in [1.82, 2.24) is 19.5 Å². The number of aliphatic hydroxyl groups is 1. The maximum atomic E-state index is 13.6. The van der Waals surface area contributed by atoms with Crippen LogP contribution in [0.3, 0.4) is 0 Å². The molecule has 2 aromatic heterocycles. The number of hydrogen-bond acceptors (Lipinski definition) is 8. The van der Waals surface area contributed by atoms with E-state index >= 15 is 0 Å². The molecule has 0 radical (unpaired) electrons. The number of halogens is 3.